The number of ether oxygens (including phenoxy) is 1. The van der Waals surface area contributed by atoms with Crippen LogP contribution in [0.1, 0.15) is 47.0 Å². The van der Waals surface area contributed by atoms with Gasteiger partial charge in [0.25, 0.3) is 0 Å². The van der Waals surface area contributed by atoms with Crippen LogP contribution in [0, 0.1) is 0 Å². The molecule has 0 aliphatic carbocycles. The van der Waals surface area contributed by atoms with Gasteiger partial charge < -0.3 is 4.74 Å². The molecule has 1 rings (SSSR count). The van der Waals surface area contributed by atoms with Gasteiger partial charge in [0.2, 0.25) is 11.8 Å². The molecule has 0 radical (unpaired) electrons. The summed E-state index contributed by atoms with van der Waals surface area (Å²) in [4.78, 5) is 36.5. The Bertz CT molecular complexity index is 379. The molecule has 0 saturated carbocycles. The Hall–Kier alpha value is -1.43. The fraction of sp³-hybridized carbons (Fsp3) is 0.786. The highest BCUT2D eigenvalue weighted by atomic mass is 16.5. The first-order valence-electron chi connectivity index (χ1n) is 7.08. The fourth-order valence-corrected chi connectivity index (χ4v) is 2.37. The van der Waals surface area contributed by atoms with Gasteiger partial charge in [0, 0.05) is 25.4 Å². The van der Waals surface area contributed by atoms with E-state index in [2.05, 4.69) is 5.32 Å². The zero-order valence-electron chi connectivity index (χ0n) is 12.7. The number of rotatable bonds is 7. The van der Waals surface area contributed by atoms with Crippen molar-refractivity contribution in [2.75, 3.05) is 13.2 Å². The maximum Gasteiger partial charge on any atom is 0.326 e. The minimum absolute atomic E-state index is 0.0920. The summed E-state index contributed by atoms with van der Waals surface area (Å²) in [5, 5.41) is 3.17. The van der Waals surface area contributed by atoms with Crippen molar-refractivity contribution in [1.29, 1.82) is 0 Å². The van der Waals surface area contributed by atoms with Gasteiger partial charge in [-0.15, -0.1) is 0 Å². The summed E-state index contributed by atoms with van der Waals surface area (Å²) >= 11 is 0. The van der Waals surface area contributed by atoms with Crippen molar-refractivity contribution in [1.82, 2.24) is 10.2 Å². The van der Waals surface area contributed by atoms with Gasteiger partial charge in [0.15, 0.2) is 0 Å². The molecule has 0 aromatic carbocycles. The molecule has 1 atom stereocenters. The molecule has 6 nitrogen and oxygen atoms in total. The van der Waals surface area contributed by atoms with Crippen LogP contribution in [0.3, 0.4) is 0 Å². The minimum Gasteiger partial charge on any atom is -0.465 e. The number of hydrogen-bond acceptors (Lipinski definition) is 5. The van der Waals surface area contributed by atoms with Gasteiger partial charge in [0.1, 0.15) is 5.54 Å². The van der Waals surface area contributed by atoms with Gasteiger partial charge in [-0.1, -0.05) is 0 Å². The lowest BCUT2D eigenvalue weighted by atomic mass is 9.96. The van der Waals surface area contributed by atoms with Crippen LogP contribution in [0.25, 0.3) is 0 Å². The van der Waals surface area contributed by atoms with Crippen molar-refractivity contribution < 1.29 is 19.1 Å². The first-order chi connectivity index (χ1) is 9.30. The van der Waals surface area contributed by atoms with Crippen molar-refractivity contribution in [3.63, 3.8) is 0 Å². The van der Waals surface area contributed by atoms with Gasteiger partial charge in [0.05, 0.1) is 6.61 Å². The first-order valence-corrected chi connectivity index (χ1v) is 7.08. The molecule has 1 heterocycles. The topological polar surface area (TPSA) is 75.7 Å². The number of likely N-dealkylation sites (tertiary alicyclic amines) is 1. The number of carbonyl (C=O) groups is 3. The van der Waals surface area contributed by atoms with E-state index in [0.717, 1.165) is 0 Å². The van der Waals surface area contributed by atoms with E-state index in [9.17, 15) is 14.4 Å². The number of hydrogen-bond donors (Lipinski definition) is 1. The lowest BCUT2D eigenvalue weighted by Gasteiger charge is -2.31. The average molecular weight is 284 g/mol. The van der Waals surface area contributed by atoms with Gasteiger partial charge in [-0.3, -0.25) is 24.6 Å². The van der Waals surface area contributed by atoms with Crippen molar-refractivity contribution in [2.24, 2.45) is 0 Å². The molecule has 114 valence electrons. The molecule has 1 unspecified atom stereocenters. The molecular weight excluding hydrogens is 260 g/mol. The van der Waals surface area contributed by atoms with Gasteiger partial charge in [-0.05, 0) is 34.1 Å². The van der Waals surface area contributed by atoms with E-state index in [1.165, 1.54) is 4.90 Å². The smallest absolute Gasteiger partial charge is 0.326 e. The predicted molar refractivity (Wildman–Crippen MR) is 73.9 cm³/mol. The lowest BCUT2D eigenvalue weighted by molar-refractivity contribution is -0.152. The first kappa shape index (κ1) is 16.6. The summed E-state index contributed by atoms with van der Waals surface area (Å²) in [5.74, 6) is -0.677. The van der Waals surface area contributed by atoms with E-state index in [1.54, 1.807) is 13.8 Å². The molecule has 0 aromatic heterocycles. The normalized spacial score (nSPS) is 18.6. The highest BCUT2D eigenvalue weighted by molar-refractivity contribution is 6.01. The van der Waals surface area contributed by atoms with Gasteiger partial charge in [-0.2, -0.15) is 0 Å². The zero-order chi connectivity index (χ0) is 15.3. The molecule has 0 bridgehead atoms. The molecule has 0 aromatic rings. The monoisotopic (exact) mass is 284 g/mol. The number of imide groups is 1. The summed E-state index contributed by atoms with van der Waals surface area (Å²) in [7, 11) is 0. The largest absolute Gasteiger partial charge is 0.465 e. The van der Waals surface area contributed by atoms with Crippen LogP contribution < -0.4 is 5.32 Å². The fourth-order valence-electron chi connectivity index (χ4n) is 2.37. The molecule has 1 fully saturated rings. The number of nitrogens with zero attached hydrogens (tertiary/aromatic N) is 1. The molecule has 20 heavy (non-hydrogen) atoms. The minimum atomic E-state index is -0.896. The van der Waals surface area contributed by atoms with Crippen LogP contribution in [0.2, 0.25) is 0 Å². The Morgan fingerprint density at radius 1 is 1.35 bits per heavy atom. The molecule has 2 amide bonds. The third kappa shape index (κ3) is 4.03. The molecule has 1 aliphatic rings. The second-order valence-electron chi connectivity index (χ2n) is 5.54. The SMILES string of the molecule is CCOC(=O)C(C)(CCN1C(=O)CCC1=O)NC(C)C. The standard InChI is InChI=1S/C14H24N2O4/c1-5-20-13(19)14(4,15-10(2)3)8-9-16-11(17)6-7-12(16)18/h10,15H,5-9H2,1-4H3. The summed E-state index contributed by atoms with van der Waals surface area (Å²) in [5.41, 5.74) is -0.896. The zero-order valence-corrected chi connectivity index (χ0v) is 12.7. The Kier molecular flexibility index (Phi) is 5.68. The Morgan fingerprint density at radius 3 is 2.35 bits per heavy atom. The number of carbonyl (C=O) groups excluding carboxylic acids is 3. The van der Waals surface area contributed by atoms with Crippen molar-refractivity contribution in [3.8, 4) is 0 Å². The lowest BCUT2D eigenvalue weighted by Crippen LogP contribution is -2.55. The van der Waals surface area contributed by atoms with Crippen molar-refractivity contribution in [2.45, 2.75) is 58.5 Å². The third-order valence-electron chi connectivity index (χ3n) is 3.32. The Balaban J connectivity index is 2.72. The van der Waals surface area contributed by atoms with Crippen LogP contribution in [0.4, 0.5) is 0 Å². The molecular formula is C14H24N2O4. The molecule has 1 aliphatic heterocycles. The van der Waals surface area contributed by atoms with E-state index in [1.807, 2.05) is 13.8 Å². The van der Waals surface area contributed by atoms with Crippen LogP contribution in [0.5, 0.6) is 0 Å². The summed E-state index contributed by atoms with van der Waals surface area (Å²) in [6.45, 7) is 7.91. The quantitative estimate of drug-likeness (QED) is 0.554. The summed E-state index contributed by atoms with van der Waals surface area (Å²) < 4.78 is 5.09. The molecule has 1 saturated heterocycles. The van der Waals surface area contributed by atoms with Gasteiger partial charge >= 0.3 is 5.97 Å². The van der Waals surface area contributed by atoms with Crippen LogP contribution in [-0.4, -0.2) is 47.4 Å². The second kappa shape index (κ2) is 6.83. The molecule has 0 spiro atoms. The van der Waals surface area contributed by atoms with E-state index in [4.69, 9.17) is 4.74 Å². The van der Waals surface area contributed by atoms with E-state index >= 15 is 0 Å². The highest BCUT2D eigenvalue weighted by Gasteiger charge is 2.37. The Labute approximate surface area is 119 Å². The van der Waals surface area contributed by atoms with E-state index in [0.29, 0.717) is 13.0 Å². The van der Waals surface area contributed by atoms with Crippen molar-refractivity contribution >= 4 is 17.8 Å². The Morgan fingerprint density at radius 2 is 1.90 bits per heavy atom. The average Bonchev–Trinajstić information content (AvgIpc) is 2.66. The third-order valence-corrected chi connectivity index (χ3v) is 3.32. The predicted octanol–water partition coefficient (Wildman–Crippen LogP) is 0.845. The van der Waals surface area contributed by atoms with Crippen LogP contribution in [0.15, 0.2) is 0 Å². The maximum absolute atomic E-state index is 12.1. The summed E-state index contributed by atoms with van der Waals surface area (Å²) in [6.07, 6.45) is 0.890. The highest BCUT2D eigenvalue weighted by Crippen LogP contribution is 2.18. The summed E-state index contributed by atoms with van der Waals surface area (Å²) in [6, 6.07) is 0.0920. The maximum atomic E-state index is 12.1. The van der Waals surface area contributed by atoms with E-state index < -0.39 is 5.54 Å². The van der Waals surface area contributed by atoms with Crippen molar-refractivity contribution in [3.05, 3.63) is 0 Å². The number of esters is 1. The molecule has 1 N–H and O–H groups in total. The second-order valence-corrected chi connectivity index (χ2v) is 5.54. The van der Waals surface area contributed by atoms with Crippen LogP contribution >= 0.6 is 0 Å². The molecule has 6 heteroatoms. The van der Waals surface area contributed by atoms with Crippen LogP contribution in [-0.2, 0) is 19.1 Å². The number of amides is 2. The van der Waals surface area contributed by atoms with E-state index in [-0.39, 0.29) is 43.2 Å². The number of nitrogens with one attached hydrogen (secondary N) is 1. The van der Waals surface area contributed by atoms with Gasteiger partial charge in [-0.25, -0.2) is 0 Å².